The number of nitriles is 2. The Balaban J connectivity index is 0.000000212. The lowest BCUT2D eigenvalue weighted by atomic mass is 9.80. The van der Waals surface area contributed by atoms with E-state index in [1.54, 1.807) is 48.5 Å². The van der Waals surface area contributed by atoms with E-state index in [9.17, 15) is 9.59 Å². The topological polar surface area (TPSA) is 163 Å². The molecule has 0 radical (unpaired) electrons. The number of halogens is 1. The maximum absolute atomic E-state index is 10.7. The Morgan fingerprint density at radius 3 is 1.29 bits per heavy atom. The van der Waals surface area contributed by atoms with E-state index >= 15 is 0 Å². The Bertz CT molecular complexity index is 1440. The predicted octanol–water partition coefficient (Wildman–Crippen LogP) is 4.31. The van der Waals surface area contributed by atoms with Crippen LogP contribution in [0.4, 0.5) is 0 Å². The third-order valence-electron chi connectivity index (χ3n) is 4.91. The van der Waals surface area contributed by atoms with Gasteiger partial charge in [-0.05, 0) is 77.3 Å². The van der Waals surface area contributed by atoms with Gasteiger partial charge in [0, 0.05) is 4.47 Å². The van der Waals surface area contributed by atoms with Crippen molar-refractivity contribution in [2.24, 2.45) is 0 Å². The molecule has 0 amide bonds. The van der Waals surface area contributed by atoms with Gasteiger partial charge >= 0.3 is 19.1 Å². The fraction of sp³-hybridized carbons (Fsp3) is 0. The smallest absolute Gasteiger partial charge is 0.478 e. The first kappa shape index (κ1) is 29.5. The number of aromatic carboxylic acids is 2. The van der Waals surface area contributed by atoms with Gasteiger partial charge in [0.25, 0.3) is 0 Å². The molecule has 0 fully saturated rings. The molecule has 0 aliphatic rings. The molecule has 0 unspecified atom stereocenters. The number of hydrogen-bond acceptors (Lipinski definition) is 6. The lowest BCUT2D eigenvalue weighted by molar-refractivity contribution is 0.0686. The molecule has 188 valence electrons. The molecule has 0 saturated carbocycles. The van der Waals surface area contributed by atoms with Crippen LogP contribution in [0, 0.1) is 22.7 Å². The normalized spacial score (nSPS) is 9.29. The largest absolute Gasteiger partial charge is 0.488 e. The molecule has 4 aromatic carbocycles. The van der Waals surface area contributed by atoms with Crippen molar-refractivity contribution >= 4 is 40.4 Å². The predicted molar refractivity (Wildman–Crippen MR) is 146 cm³/mol. The molecule has 0 saturated heterocycles. The van der Waals surface area contributed by atoms with E-state index in [1.807, 2.05) is 30.3 Å². The quantitative estimate of drug-likeness (QED) is 0.264. The van der Waals surface area contributed by atoms with E-state index < -0.39 is 19.1 Å². The number of benzene rings is 4. The van der Waals surface area contributed by atoms with Crippen LogP contribution in [0.2, 0.25) is 0 Å². The monoisotopic (exact) mass is 570 g/mol. The second-order valence-electron chi connectivity index (χ2n) is 7.49. The third kappa shape index (κ3) is 9.38. The van der Waals surface area contributed by atoms with E-state index in [0.29, 0.717) is 11.1 Å². The maximum Gasteiger partial charge on any atom is 0.488 e. The van der Waals surface area contributed by atoms with E-state index in [-0.39, 0.29) is 16.6 Å². The van der Waals surface area contributed by atoms with Gasteiger partial charge in [-0.25, -0.2) is 9.59 Å². The van der Waals surface area contributed by atoms with Crippen molar-refractivity contribution in [1.29, 1.82) is 10.5 Å². The van der Waals surface area contributed by atoms with Crippen molar-refractivity contribution < 1.29 is 29.9 Å². The molecule has 4 aromatic rings. The zero-order valence-electron chi connectivity index (χ0n) is 19.7. The van der Waals surface area contributed by atoms with Gasteiger partial charge in [-0.3, -0.25) is 0 Å². The van der Waals surface area contributed by atoms with Gasteiger partial charge in [-0.15, -0.1) is 0 Å². The molecule has 0 spiro atoms. The Morgan fingerprint density at radius 2 is 0.947 bits per heavy atom. The average Bonchev–Trinajstić information content (AvgIpc) is 2.94. The van der Waals surface area contributed by atoms with Crippen molar-refractivity contribution in [2.75, 3.05) is 0 Å². The van der Waals surface area contributed by atoms with Gasteiger partial charge in [0.2, 0.25) is 0 Å². The summed E-state index contributed by atoms with van der Waals surface area (Å²) in [6.07, 6.45) is 0. The highest BCUT2D eigenvalue weighted by Gasteiger charge is 2.11. The molecule has 0 heterocycles. The molecular formula is C28H20BBrN2O6. The highest BCUT2D eigenvalue weighted by atomic mass is 79.9. The van der Waals surface area contributed by atoms with Crippen LogP contribution >= 0.6 is 15.9 Å². The van der Waals surface area contributed by atoms with Gasteiger partial charge in [0.05, 0.1) is 34.4 Å². The molecule has 0 aliphatic heterocycles. The van der Waals surface area contributed by atoms with Gasteiger partial charge in [0.1, 0.15) is 0 Å². The summed E-state index contributed by atoms with van der Waals surface area (Å²) >= 11 is 3.27. The van der Waals surface area contributed by atoms with E-state index in [0.717, 1.165) is 15.6 Å². The Hall–Kier alpha value is -4.74. The molecule has 38 heavy (non-hydrogen) atoms. The first-order valence-corrected chi connectivity index (χ1v) is 11.6. The summed E-state index contributed by atoms with van der Waals surface area (Å²) in [6, 6.07) is 30.5. The van der Waals surface area contributed by atoms with Gasteiger partial charge < -0.3 is 20.3 Å². The summed E-state index contributed by atoms with van der Waals surface area (Å²) in [4.78, 5) is 21.1. The first-order valence-electron chi connectivity index (χ1n) is 10.8. The number of rotatable bonds is 4. The molecule has 0 atom stereocenters. The summed E-state index contributed by atoms with van der Waals surface area (Å²) < 4.78 is 1.00. The van der Waals surface area contributed by atoms with Crippen molar-refractivity contribution in [2.45, 2.75) is 0 Å². The van der Waals surface area contributed by atoms with Crippen molar-refractivity contribution in [3.05, 3.63) is 124 Å². The van der Waals surface area contributed by atoms with Gasteiger partial charge in [-0.1, -0.05) is 52.3 Å². The van der Waals surface area contributed by atoms with E-state index in [4.69, 9.17) is 30.8 Å². The molecule has 0 aromatic heterocycles. The van der Waals surface area contributed by atoms with Gasteiger partial charge in [0.15, 0.2) is 0 Å². The first-order chi connectivity index (χ1) is 18.1. The summed E-state index contributed by atoms with van der Waals surface area (Å²) in [5.41, 5.74) is 3.86. The number of carboxylic acids is 2. The Labute approximate surface area is 227 Å². The van der Waals surface area contributed by atoms with Crippen LogP contribution in [0.5, 0.6) is 0 Å². The van der Waals surface area contributed by atoms with Crippen LogP contribution in [0.25, 0.3) is 11.1 Å². The number of carboxylic acid groups (broad SMARTS) is 2. The molecule has 0 bridgehead atoms. The highest BCUT2D eigenvalue weighted by molar-refractivity contribution is 9.10. The van der Waals surface area contributed by atoms with Gasteiger partial charge in [-0.2, -0.15) is 10.5 Å². The molecule has 8 nitrogen and oxygen atoms in total. The fourth-order valence-corrected chi connectivity index (χ4v) is 3.13. The zero-order chi connectivity index (χ0) is 28.1. The SMILES string of the molecule is N#Cc1ccc(-c2ccc(C(=O)O)cc2)cc1.N#Cc1ccc(Br)cc1.O=C(O)c1ccc(B(O)O)cc1. The Kier molecular flexibility index (Phi) is 11.4. The molecule has 0 aliphatic carbocycles. The summed E-state index contributed by atoms with van der Waals surface area (Å²) in [7, 11) is -1.55. The van der Waals surface area contributed by atoms with Crippen LogP contribution in [0.3, 0.4) is 0 Å². The fourth-order valence-electron chi connectivity index (χ4n) is 2.86. The minimum atomic E-state index is -1.55. The maximum atomic E-state index is 10.7. The van der Waals surface area contributed by atoms with E-state index in [2.05, 4.69) is 22.0 Å². The van der Waals surface area contributed by atoms with E-state index in [1.165, 1.54) is 24.3 Å². The number of hydrogen-bond donors (Lipinski definition) is 4. The highest BCUT2D eigenvalue weighted by Crippen LogP contribution is 2.20. The molecule has 10 heteroatoms. The number of carbonyl (C=O) groups is 2. The lowest BCUT2D eigenvalue weighted by Gasteiger charge is -2.02. The zero-order valence-corrected chi connectivity index (χ0v) is 21.3. The third-order valence-corrected chi connectivity index (χ3v) is 5.44. The summed E-state index contributed by atoms with van der Waals surface area (Å²) in [5.74, 6) is -1.97. The lowest BCUT2D eigenvalue weighted by Crippen LogP contribution is -2.29. The molecular weight excluding hydrogens is 551 g/mol. The van der Waals surface area contributed by atoms with Crippen molar-refractivity contribution in [3.8, 4) is 23.3 Å². The summed E-state index contributed by atoms with van der Waals surface area (Å²) in [5, 5.41) is 51.6. The molecule has 4 rings (SSSR count). The average molecular weight is 571 g/mol. The van der Waals surface area contributed by atoms with Crippen LogP contribution in [-0.2, 0) is 0 Å². The van der Waals surface area contributed by atoms with Crippen LogP contribution in [0.1, 0.15) is 31.8 Å². The van der Waals surface area contributed by atoms with Crippen molar-refractivity contribution in [3.63, 3.8) is 0 Å². The molecule has 4 N–H and O–H groups in total. The standard InChI is InChI=1S/C14H9NO2.C7H7BO4.C7H4BrN/c15-9-10-1-3-11(4-2-10)12-5-7-13(8-6-12)14(16)17;9-7(10)5-1-3-6(4-2-5)8(11)12;8-7-3-1-6(5-9)2-4-7/h1-8H,(H,16,17);1-4,11-12H,(H,9,10);1-4H. The van der Waals surface area contributed by atoms with Crippen molar-refractivity contribution in [1.82, 2.24) is 0 Å². The minimum absolute atomic E-state index is 0.124. The van der Waals surface area contributed by atoms with Crippen LogP contribution in [0.15, 0.2) is 102 Å². The second kappa shape index (κ2) is 14.7. The minimum Gasteiger partial charge on any atom is -0.478 e. The Morgan fingerprint density at radius 1 is 0.605 bits per heavy atom. The summed E-state index contributed by atoms with van der Waals surface area (Å²) in [6.45, 7) is 0. The van der Waals surface area contributed by atoms with Crippen LogP contribution in [-0.4, -0.2) is 39.3 Å². The second-order valence-corrected chi connectivity index (χ2v) is 8.41. The van der Waals surface area contributed by atoms with Crippen LogP contribution < -0.4 is 5.46 Å². The number of nitrogens with zero attached hydrogens (tertiary/aromatic N) is 2.